The number of benzene rings is 1. The number of nitrogens with zero attached hydrogens (tertiary/aromatic N) is 2. The van der Waals surface area contributed by atoms with Crippen LogP contribution in [0.4, 0.5) is 0 Å². The molecule has 1 aromatic carbocycles. The molecule has 1 atom stereocenters. The molecular weight excluding hydrogens is 376 g/mol. The Morgan fingerprint density at radius 2 is 2.12 bits per heavy atom. The van der Waals surface area contributed by atoms with E-state index in [1.54, 1.807) is 5.38 Å². The van der Waals surface area contributed by atoms with Gasteiger partial charge < -0.3 is 5.32 Å². The summed E-state index contributed by atoms with van der Waals surface area (Å²) in [6.45, 7) is 0.132. The summed E-state index contributed by atoms with van der Waals surface area (Å²) in [7, 11) is -3.99. The molecule has 1 aliphatic heterocycles. The van der Waals surface area contributed by atoms with E-state index < -0.39 is 22.0 Å². The summed E-state index contributed by atoms with van der Waals surface area (Å²) in [5.74, 6) is -0.763. The Balaban J connectivity index is 1.82. The molecule has 3 rings (SSSR count). The van der Waals surface area contributed by atoms with Crippen molar-refractivity contribution >= 4 is 33.2 Å². The lowest BCUT2D eigenvalue weighted by atomic mass is 10.0. The van der Waals surface area contributed by atoms with Crippen molar-refractivity contribution in [2.75, 3.05) is 19.6 Å². The van der Waals surface area contributed by atoms with Gasteiger partial charge in [0.05, 0.1) is 12.6 Å². The van der Waals surface area contributed by atoms with Crippen LogP contribution in [0.5, 0.6) is 0 Å². The minimum Gasteiger partial charge on any atom is -0.354 e. The first-order valence-electron chi connectivity index (χ1n) is 7.97. The van der Waals surface area contributed by atoms with Crippen LogP contribution in [-0.4, -0.2) is 55.1 Å². The third-order valence-corrected chi connectivity index (χ3v) is 6.24. The lowest BCUT2D eigenvalue weighted by Gasteiger charge is -2.28. The molecule has 1 fully saturated rings. The fourth-order valence-corrected chi connectivity index (χ4v) is 4.56. The van der Waals surface area contributed by atoms with Gasteiger partial charge >= 0.3 is 0 Å². The smallest absolute Gasteiger partial charge is 0.280 e. The van der Waals surface area contributed by atoms with Crippen LogP contribution in [0.2, 0.25) is 0 Å². The molecule has 8 nitrogen and oxygen atoms in total. The molecule has 0 saturated carbocycles. The maximum atomic E-state index is 12.8. The van der Waals surface area contributed by atoms with Crippen LogP contribution in [-0.2, 0) is 21.4 Å². The molecule has 0 radical (unpaired) electrons. The maximum Gasteiger partial charge on any atom is 0.280 e. The van der Waals surface area contributed by atoms with E-state index in [9.17, 15) is 18.0 Å². The SMILES string of the molecule is O=C1CN(S(=O)(=O)N[C@@H](Cc2ccccc2)C(=O)c2nccs2)CCN1. The molecule has 10 heteroatoms. The predicted octanol–water partition coefficient (Wildman–Crippen LogP) is 0.203. The molecule has 0 unspecified atom stereocenters. The first-order valence-corrected chi connectivity index (χ1v) is 10.3. The quantitative estimate of drug-likeness (QED) is 0.653. The van der Waals surface area contributed by atoms with Crippen molar-refractivity contribution in [3.63, 3.8) is 0 Å². The van der Waals surface area contributed by atoms with Gasteiger partial charge in [-0.05, 0) is 12.0 Å². The van der Waals surface area contributed by atoms with Crippen LogP contribution in [0.15, 0.2) is 41.9 Å². The number of hydrogen-bond acceptors (Lipinski definition) is 6. The largest absolute Gasteiger partial charge is 0.354 e. The summed E-state index contributed by atoms with van der Waals surface area (Å²) in [6, 6.07) is 8.14. The van der Waals surface area contributed by atoms with Gasteiger partial charge in [0.2, 0.25) is 11.7 Å². The number of ketones is 1. The van der Waals surface area contributed by atoms with Crippen molar-refractivity contribution in [1.82, 2.24) is 19.3 Å². The van der Waals surface area contributed by atoms with Gasteiger partial charge in [-0.25, -0.2) is 4.98 Å². The number of carbonyl (C=O) groups is 2. The zero-order valence-corrected chi connectivity index (χ0v) is 15.4. The Morgan fingerprint density at radius 3 is 2.77 bits per heavy atom. The average molecular weight is 394 g/mol. The van der Waals surface area contributed by atoms with E-state index >= 15 is 0 Å². The minimum atomic E-state index is -3.99. The fraction of sp³-hybridized carbons (Fsp3) is 0.312. The molecule has 138 valence electrons. The van der Waals surface area contributed by atoms with Crippen LogP contribution in [0.25, 0.3) is 0 Å². The summed E-state index contributed by atoms with van der Waals surface area (Å²) >= 11 is 1.16. The molecule has 1 aliphatic rings. The zero-order chi connectivity index (χ0) is 18.6. The van der Waals surface area contributed by atoms with Gasteiger partial charge in [-0.2, -0.15) is 17.4 Å². The Labute approximate surface area is 155 Å². The summed E-state index contributed by atoms with van der Waals surface area (Å²) in [4.78, 5) is 28.2. The molecule has 0 bridgehead atoms. The second kappa shape index (κ2) is 8.04. The van der Waals surface area contributed by atoms with Crippen molar-refractivity contribution in [1.29, 1.82) is 0 Å². The molecule has 2 aromatic rings. The van der Waals surface area contributed by atoms with E-state index in [0.717, 1.165) is 21.2 Å². The Morgan fingerprint density at radius 1 is 1.35 bits per heavy atom. The average Bonchev–Trinajstić information content (AvgIpc) is 3.16. The molecule has 0 aliphatic carbocycles. The van der Waals surface area contributed by atoms with E-state index in [-0.39, 0.29) is 37.0 Å². The van der Waals surface area contributed by atoms with E-state index in [1.165, 1.54) is 6.20 Å². The Hall–Kier alpha value is -2.14. The highest BCUT2D eigenvalue weighted by Crippen LogP contribution is 2.14. The van der Waals surface area contributed by atoms with Gasteiger partial charge in [0.1, 0.15) is 0 Å². The van der Waals surface area contributed by atoms with Crippen molar-refractivity contribution < 1.29 is 18.0 Å². The number of aromatic nitrogens is 1. The first-order chi connectivity index (χ1) is 12.5. The highest BCUT2D eigenvalue weighted by atomic mass is 32.2. The molecule has 1 aromatic heterocycles. The maximum absolute atomic E-state index is 12.8. The molecule has 2 N–H and O–H groups in total. The van der Waals surface area contributed by atoms with Gasteiger partial charge in [-0.1, -0.05) is 30.3 Å². The first kappa shape index (κ1) is 18.6. The van der Waals surface area contributed by atoms with E-state index in [1.807, 2.05) is 30.3 Å². The van der Waals surface area contributed by atoms with Gasteiger partial charge in [-0.15, -0.1) is 11.3 Å². The Kier molecular flexibility index (Phi) is 5.77. The van der Waals surface area contributed by atoms with Gasteiger partial charge in [0, 0.05) is 24.7 Å². The summed E-state index contributed by atoms with van der Waals surface area (Å²) in [6.07, 6.45) is 1.69. The molecule has 2 heterocycles. The number of rotatable bonds is 7. The summed E-state index contributed by atoms with van der Waals surface area (Å²) in [5, 5.41) is 4.48. The van der Waals surface area contributed by atoms with Crippen molar-refractivity contribution in [2.24, 2.45) is 0 Å². The minimum absolute atomic E-state index is 0.157. The van der Waals surface area contributed by atoms with Crippen molar-refractivity contribution in [2.45, 2.75) is 12.5 Å². The fourth-order valence-electron chi connectivity index (χ4n) is 2.61. The summed E-state index contributed by atoms with van der Waals surface area (Å²) < 4.78 is 28.8. The number of thiazole rings is 1. The molecule has 0 spiro atoms. The molecule has 26 heavy (non-hydrogen) atoms. The third-order valence-electron chi connectivity index (χ3n) is 3.88. The molecular formula is C16H18N4O4S2. The van der Waals surface area contributed by atoms with Crippen molar-refractivity contribution in [3.05, 3.63) is 52.5 Å². The highest BCUT2D eigenvalue weighted by Gasteiger charge is 2.33. The second-order valence-electron chi connectivity index (χ2n) is 5.75. The highest BCUT2D eigenvalue weighted by molar-refractivity contribution is 7.87. The standard InChI is InChI=1S/C16H18N4O4S2/c21-14-11-20(8-6-17-14)26(23,24)19-13(10-12-4-2-1-3-5-12)15(22)16-18-7-9-25-16/h1-5,7,9,13,19H,6,8,10-11H2,(H,17,21)/t13-/m0/s1. The van der Waals surface area contributed by atoms with Crippen LogP contribution in [0, 0.1) is 0 Å². The topological polar surface area (TPSA) is 108 Å². The number of carbonyl (C=O) groups excluding carboxylic acids is 2. The number of Topliss-reactive ketones (excluding diaryl/α,β-unsaturated/α-hetero) is 1. The number of hydrogen-bond donors (Lipinski definition) is 2. The van der Waals surface area contributed by atoms with Crippen LogP contribution in [0.1, 0.15) is 15.4 Å². The zero-order valence-electron chi connectivity index (χ0n) is 13.8. The number of amides is 1. The van der Waals surface area contributed by atoms with Crippen LogP contribution in [0.3, 0.4) is 0 Å². The lowest BCUT2D eigenvalue weighted by molar-refractivity contribution is -0.122. The van der Waals surface area contributed by atoms with Gasteiger partial charge in [0.15, 0.2) is 5.01 Å². The van der Waals surface area contributed by atoms with Crippen LogP contribution >= 0.6 is 11.3 Å². The molecule has 1 saturated heterocycles. The van der Waals surface area contributed by atoms with Gasteiger partial charge in [0.25, 0.3) is 10.2 Å². The van der Waals surface area contributed by atoms with E-state index in [2.05, 4.69) is 15.0 Å². The van der Waals surface area contributed by atoms with Gasteiger partial charge in [-0.3, -0.25) is 9.59 Å². The predicted molar refractivity (Wildman–Crippen MR) is 97.0 cm³/mol. The number of nitrogens with one attached hydrogen (secondary N) is 2. The van der Waals surface area contributed by atoms with Crippen LogP contribution < -0.4 is 10.0 Å². The molecule has 1 amide bonds. The number of piperazine rings is 1. The third kappa shape index (κ3) is 4.52. The van der Waals surface area contributed by atoms with Crippen molar-refractivity contribution in [3.8, 4) is 0 Å². The monoisotopic (exact) mass is 394 g/mol. The second-order valence-corrected chi connectivity index (χ2v) is 8.35. The Bertz CT molecular complexity index is 869. The lowest BCUT2D eigenvalue weighted by Crippen LogP contribution is -2.56. The normalized spacial score (nSPS) is 16.8. The van der Waals surface area contributed by atoms with E-state index in [4.69, 9.17) is 0 Å². The summed E-state index contributed by atoms with van der Waals surface area (Å²) in [5.41, 5.74) is 0.821. The van der Waals surface area contributed by atoms with E-state index in [0.29, 0.717) is 0 Å².